The van der Waals surface area contributed by atoms with Gasteiger partial charge in [0.1, 0.15) is 0 Å². The molecule has 0 radical (unpaired) electrons. The van der Waals surface area contributed by atoms with Crippen LogP contribution in [0.2, 0.25) is 0 Å². The van der Waals surface area contributed by atoms with Crippen molar-refractivity contribution >= 4 is 18.8 Å². The van der Waals surface area contributed by atoms with E-state index in [0.29, 0.717) is 0 Å². The molecule has 0 unspecified atom stereocenters. The van der Waals surface area contributed by atoms with Crippen molar-refractivity contribution in [3.05, 3.63) is 14.1 Å². The van der Waals surface area contributed by atoms with Gasteiger partial charge in [0, 0.05) is 0 Å². The molecule has 1 aliphatic carbocycles. The minimum absolute atomic E-state index is 0.472. The minimum atomic E-state index is -0.472. The van der Waals surface area contributed by atoms with Gasteiger partial charge < -0.3 is 11.5 Å². The SMILES string of the molecule is C1CCCC1.[CH2-]N.[CH2-]N.[Cl][Pt+2][Cl]. The van der Waals surface area contributed by atoms with Crippen LogP contribution in [0.25, 0.3) is 0 Å². The molecule has 0 heterocycles. The molecule has 0 aromatic heterocycles. The Morgan fingerprint density at radius 2 is 0.833 bits per heavy atom. The molecule has 0 atom stereocenters. The van der Waals surface area contributed by atoms with Gasteiger partial charge in [0.15, 0.2) is 0 Å². The molecule has 4 N–H and O–H groups in total. The maximum absolute atomic E-state index is 4.88. The quantitative estimate of drug-likeness (QED) is 0.619. The second kappa shape index (κ2) is 29.5. The average molecular weight is 396 g/mol. The molecule has 0 bridgehead atoms. The Labute approximate surface area is 92.7 Å². The van der Waals surface area contributed by atoms with Crippen molar-refractivity contribution in [1.82, 2.24) is 0 Å². The molecule has 1 aliphatic rings. The summed E-state index contributed by atoms with van der Waals surface area (Å²) in [5.74, 6) is 0. The van der Waals surface area contributed by atoms with Gasteiger partial charge in [0.05, 0.1) is 0 Å². The van der Waals surface area contributed by atoms with Crippen molar-refractivity contribution in [3.63, 3.8) is 0 Å². The first-order chi connectivity index (χ1) is 5.91. The molecule has 0 saturated heterocycles. The van der Waals surface area contributed by atoms with Crippen LogP contribution < -0.4 is 11.5 Å². The van der Waals surface area contributed by atoms with Crippen LogP contribution in [0, 0.1) is 14.1 Å². The molecule has 80 valence electrons. The first kappa shape index (κ1) is 18.9. The van der Waals surface area contributed by atoms with Crippen LogP contribution in [-0.2, 0) is 16.5 Å². The summed E-state index contributed by atoms with van der Waals surface area (Å²) in [4.78, 5) is 0. The monoisotopic (exact) mass is 395 g/mol. The van der Waals surface area contributed by atoms with Gasteiger partial charge >= 0.3 is 35.3 Å². The van der Waals surface area contributed by atoms with E-state index in [2.05, 4.69) is 25.6 Å². The molecule has 0 spiro atoms. The van der Waals surface area contributed by atoms with Crippen LogP contribution in [0.4, 0.5) is 0 Å². The first-order valence-electron chi connectivity index (χ1n) is 3.56. The predicted octanol–water partition coefficient (Wildman–Crippen LogP) is 2.80. The summed E-state index contributed by atoms with van der Waals surface area (Å²) in [7, 11) is 15.2. The van der Waals surface area contributed by atoms with Gasteiger partial charge in [-0.1, -0.05) is 32.1 Å². The molecule has 1 fully saturated rings. The van der Waals surface area contributed by atoms with Gasteiger partial charge in [-0.2, -0.15) is 0 Å². The van der Waals surface area contributed by atoms with Crippen LogP contribution in [0.1, 0.15) is 32.1 Å². The number of nitrogens with two attached hydrogens (primary N) is 2. The van der Waals surface area contributed by atoms with Crippen molar-refractivity contribution in [2.24, 2.45) is 11.5 Å². The Kier molecular flexibility index (Phi) is 46.4. The van der Waals surface area contributed by atoms with Gasteiger partial charge in [-0.15, -0.1) is 0 Å². The summed E-state index contributed by atoms with van der Waals surface area (Å²) in [6, 6.07) is 0. The van der Waals surface area contributed by atoms with E-state index in [-0.39, 0.29) is 0 Å². The normalized spacial score (nSPS) is 12.8. The zero-order valence-electron chi connectivity index (χ0n) is 7.18. The van der Waals surface area contributed by atoms with Crippen molar-refractivity contribution < 1.29 is 16.5 Å². The van der Waals surface area contributed by atoms with Crippen LogP contribution in [-0.4, -0.2) is 0 Å². The maximum atomic E-state index is 4.88. The van der Waals surface area contributed by atoms with E-state index in [9.17, 15) is 0 Å². The summed E-state index contributed by atoms with van der Waals surface area (Å²) >= 11 is -0.472. The van der Waals surface area contributed by atoms with E-state index in [1.807, 2.05) is 0 Å². The van der Waals surface area contributed by atoms with Crippen LogP contribution >= 0.6 is 18.8 Å². The Balaban J connectivity index is -0.000000102. The van der Waals surface area contributed by atoms with Crippen molar-refractivity contribution in [2.45, 2.75) is 32.1 Å². The summed E-state index contributed by atoms with van der Waals surface area (Å²) in [6.45, 7) is 0. The molecule has 5 heteroatoms. The van der Waals surface area contributed by atoms with Gasteiger partial charge in [-0.25, -0.2) is 0 Å². The van der Waals surface area contributed by atoms with Crippen molar-refractivity contribution in [3.8, 4) is 0 Å². The zero-order chi connectivity index (χ0) is 10.2. The number of halogens is 2. The number of hydrogen-bond acceptors (Lipinski definition) is 2. The van der Waals surface area contributed by atoms with E-state index in [1.54, 1.807) is 0 Å². The van der Waals surface area contributed by atoms with E-state index in [0.717, 1.165) is 0 Å². The number of hydrogen-bond donors (Lipinski definition) is 2. The van der Waals surface area contributed by atoms with Crippen molar-refractivity contribution in [1.29, 1.82) is 0 Å². The zero-order valence-corrected chi connectivity index (χ0v) is 11.0. The molecule has 0 aromatic rings. The van der Waals surface area contributed by atoms with E-state index < -0.39 is 16.5 Å². The summed E-state index contributed by atoms with van der Waals surface area (Å²) in [6.07, 6.45) is 7.50. The van der Waals surface area contributed by atoms with Crippen LogP contribution in [0.15, 0.2) is 0 Å². The van der Waals surface area contributed by atoms with Crippen molar-refractivity contribution in [2.75, 3.05) is 0 Å². The predicted molar refractivity (Wildman–Crippen MR) is 53.9 cm³/mol. The van der Waals surface area contributed by atoms with Gasteiger partial charge in [0.2, 0.25) is 0 Å². The fourth-order valence-electron chi connectivity index (χ4n) is 0.884. The Hall–Kier alpha value is 1.19. The van der Waals surface area contributed by atoms with Crippen LogP contribution in [0.3, 0.4) is 0 Å². The molecule has 1 saturated carbocycles. The number of rotatable bonds is 0. The summed E-state index contributed by atoms with van der Waals surface area (Å²) < 4.78 is 0. The molecular weight excluding hydrogens is 378 g/mol. The van der Waals surface area contributed by atoms with Crippen LogP contribution in [0.5, 0.6) is 0 Å². The third kappa shape index (κ3) is 30.3. The molecular formula is C7H18Cl2N2Pt. The third-order valence-electron chi connectivity index (χ3n) is 1.25. The van der Waals surface area contributed by atoms with Gasteiger partial charge in [-0.05, 0) is 0 Å². The van der Waals surface area contributed by atoms with Gasteiger partial charge in [0.25, 0.3) is 0 Å². The van der Waals surface area contributed by atoms with E-state index in [4.69, 9.17) is 18.8 Å². The molecule has 2 nitrogen and oxygen atoms in total. The topological polar surface area (TPSA) is 52.0 Å². The second-order valence-electron chi connectivity index (χ2n) is 1.81. The average Bonchev–Trinajstić information content (AvgIpc) is 2.69. The van der Waals surface area contributed by atoms with E-state index in [1.165, 1.54) is 32.1 Å². The van der Waals surface area contributed by atoms with Gasteiger partial charge in [-0.3, -0.25) is 14.1 Å². The Morgan fingerprint density at radius 1 is 0.750 bits per heavy atom. The Morgan fingerprint density at radius 3 is 0.917 bits per heavy atom. The molecule has 0 amide bonds. The standard InChI is InChI=1S/C5H10.2CH4N.2ClH.Pt/c1-2-4-5-3-1;2*1-2;;;/h1-5H2;2*1-2H2;2*1H;/q;2*-1;;;+4/p-2. The fourth-order valence-corrected chi connectivity index (χ4v) is 0.884. The second-order valence-corrected chi connectivity index (χ2v) is 5.10. The first-order valence-corrected chi connectivity index (χ1v) is 9.19. The fraction of sp³-hybridized carbons (Fsp3) is 0.714. The van der Waals surface area contributed by atoms with E-state index >= 15 is 0 Å². The molecule has 12 heavy (non-hydrogen) atoms. The molecule has 0 aliphatic heterocycles. The third-order valence-corrected chi connectivity index (χ3v) is 1.25. The molecule has 1 rings (SSSR count). The molecule has 0 aromatic carbocycles. The summed E-state index contributed by atoms with van der Waals surface area (Å²) in [5, 5.41) is 0. The Bertz CT molecular complexity index is 38.8. The summed E-state index contributed by atoms with van der Waals surface area (Å²) in [5.41, 5.74) is 8.50.